The van der Waals surface area contributed by atoms with E-state index < -0.39 is 5.60 Å². The van der Waals surface area contributed by atoms with E-state index >= 15 is 0 Å². The molecule has 2 unspecified atom stereocenters. The zero-order chi connectivity index (χ0) is 18.9. The van der Waals surface area contributed by atoms with Crippen LogP contribution in [-0.4, -0.2) is 27.7 Å². The number of hydrogen-bond acceptors (Lipinski definition) is 3. The normalized spacial score (nSPS) is 27.9. The Morgan fingerprint density at radius 3 is 2.48 bits per heavy atom. The maximum atomic E-state index is 13.7. The van der Waals surface area contributed by atoms with Crippen molar-refractivity contribution < 1.29 is 9.50 Å². The van der Waals surface area contributed by atoms with Crippen LogP contribution in [0, 0.1) is 17.1 Å². The van der Waals surface area contributed by atoms with Gasteiger partial charge in [-0.15, -0.1) is 0 Å². The van der Waals surface area contributed by atoms with Gasteiger partial charge in [-0.3, -0.25) is 4.90 Å². The molecule has 0 radical (unpaired) electrons. The highest BCUT2D eigenvalue weighted by atomic mass is 19.1. The van der Waals surface area contributed by atoms with Gasteiger partial charge in [-0.2, -0.15) is 5.26 Å². The molecule has 2 aromatic rings. The van der Waals surface area contributed by atoms with Crippen LogP contribution >= 0.6 is 0 Å². The summed E-state index contributed by atoms with van der Waals surface area (Å²) in [5, 5.41) is 20.7. The van der Waals surface area contributed by atoms with Crippen molar-refractivity contribution in [2.24, 2.45) is 0 Å². The van der Waals surface area contributed by atoms with Crippen LogP contribution in [0.3, 0.4) is 0 Å². The molecule has 4 heteroatoms. The molecule has 2 aliphatic rings. The minimum absolute atomic E-state index is 0.335. The largest absolute Gasteiger partial charge is 0.389 e. The molecule has 2 aliphatic heterocycles. The van der Waals surface area contributed by atoms with Gasteiger partial charge in [0.25, 0.3) is 0 Å². The first-order valence-electron chi connectivity index (χ1n) is 9.77. The smallest absolute Gasteiger partial charge is 0.123 e. The molecule has 0 amide bonds. The number of nitrogens with zero attached hydrogens (tertiary/aromatic N) is 2. The minimum Gasteiger partial charge on any atom is -0.389 e. The zero-order valence-electron chi connectivity index (χ0n) is 15.4. The number of rotatable bonds is 4. The summed E-state index contributed by atoms with van der Waals surface area (Å²) in [6.07, 6.45) is 5.06. The average molecular weight is 364 g/mol. The van der Waals surface area contributed by atoms with E-state index in [0.717, 1.165) is 19.4 Å². The molecule has 2 aromatic carbocycles. The SMILES string of the molecule is N#Cc1ccc(F)cc1CC1(O)CC2CCCC(C1)N2Cc1ccccc1. The first-order valence-corrected chi connectivity index (χ1v) is 9.77. The van der Waals surface area contributed by atoms with Crippen molar-refractivity contribution in [2.75, 3.05) is 0 Å². The Balaban J connectivity index is 1.54. The van der Waals surface area contributed by atoms with Crippen molar-refractivity contribution in [1.29, 1.82) is 5.26 Å². The molecule has 0 spiro atoms. The summed E-state index contributed by atoms with van der Waals surface area (Å²) in [5.41, 5.74) is 1.51. The van der Waals surface area contributed by atoms with Gasteiger partial charge in [0.05, 0.1) is 17.2 Å². The molecule has 0 aromatic heterocycles. The van der Waals surface area contributed by atoms with Crippen molar-refractivity contribution in [3.05, 3.63) is 71.0 Å². The zero-order valence-corrected chi connectivity index (χ0v) is 15.4. The Morgan fingerprint density at radius 2 is 1.81 bits per heavy atom. The Labute approximate surface area is 160 Å². The van der Waals surface area contributed by atoms with E-state index in [1.54, 1.807) is 0 Å². The van der Waals surface area contributed by atoms with Crippen LogP contribution in [0.4, 0.5) is 4.39 Å². The van der Waals surface area contributed by atoms with Gasteiger partial charge >= 0.3 is 0 Å². The van der Waals surface area contributed by atoms with Crippen LogP contribution < -0.4 is 0 Å². The third-order valence-electron chi connectivity index (χ3n) is 6.16. The Kier molecular flexibility index (Phi) is 4.99. The molecular weight excluding hydrogens is 339 g/mol. The summed E-state index contributed by atoms with van der Waals surface area (Å²) in [7, 11) is 0. The molecule has 2 heterocycles. The Bertz CT molecular complexity index is 831. The molecule has 2 fully saturated rings. The summed E-state index contributed by atoms with van der Waals surface area (Å²) >= 11 is 0. The molecule has 1 N–H and O–H groups in total. The lowest BCUT2D eigenvalue weighted by Gasteiger charge is -2.52. The van der Waals surface area contributed by atoms with Gasteiger partial charge < -0.3 is 5.11 Å². The highest BCUT2D eigenvalue weighted by molar-refractivity contribution is 5.39. The number of fused-ring (bicyclic) bond motifs is 2. The highest BCUT2D eigenvalue weighted by Crippen LogP contribution is 2.41. The van der Waals surface area contributed by atoms with Gasteiger partial charge in [0, 0.05) is 25.0 Å². The number of halogens is 1. The van der Waals surface area contributed by atoms with E-state index in [2.05, 4.69) is 35.2 Å². The van der Waals surface area contributed by atoms with Crippen molar-refractivity contribution >= 4 is 0 Å². The molecule has 0 saturated carbocycles. The van der Waals surface area contributed by atoms with Crippen LogP contribution in [0.5, 0.6) is 0 Å². The van der Waals surface area contributed by atoms with E-state index in [-0.39, 0.29) is 5.82 Å². The summed E-state index contributed by atoms with van der Waals surface area (Å²) in [6, 6.07) is 17.5. The lowest BCUT2D eigenvalue weighted by Crippen LogP contribution is -2.58. The summed E-state index contributed by atoms with van der Waals surface area (Å²) in [4.78, 5) is 2.55. The minimum atomic E-state index is -0.873. The molecule has 0 aliphatic carbocycles. The second-order valence-electron chi connectivity index (χ2n) is 8.12. The van der Waals surface area contributed by atoms with Crippen LogP contribution in [0.1, 0.15) is 48.8 Å². The number of aliphatic hydroxyl groups is 1. The van der Waals surface area contributed by atoms with Gasteiger partial charge in [0.15, 0.2) is 0 Å². The summed E-state index contributed by atoms with van der Waals surface area (Å²) in [5.74, 6) is -0.352. The number of piperidine rings is 2. The van der Waals surface area contributed by atoms with E-state index in [0.29, 0.717) is 42.5 Å². The van der Waals surface area contributed by atoms with E-state index in [1.165, 1.54) is 30.2 Å². The van der Waals surface area contributed by atoms with E-state index in [4.69, 9.17) is 0 Å². The second kappa shape index (κ2) is 7.42. The lowest BCUT2D eigenvalue weighted by atomic mass is 9.72. The predicted molar refractivity (Wildman–Crippen MR) is 102 cm³/mol. The van der Waals surface area contributed by atoms with E-state index in [1.807, 2.05) is 6.07 Å². The third kappa shape index (κ3) is 3.90. The van der Waals surface area contributed by atoms with Gasteiger partial charge in [-0.05, 0) is 55.0 Å². The van der Waals surface area contributed by atoms with Gasteiger partial charge in [0.1, 0.15) is 5.82 Å². The van der Waals surface area contributed by atoms with Crippen LogP contribution in [0.2, 0.25) is 0 Å². The molecule has 2 bridgehead atoms. The van der Waals surface area contributed by atoms with E-state index in [9.17, 15) is 14.8 Å². The summed E-state index contributed by atoms with van der Waals surface area (Å²) in [6.45, 7) is 0.912. The van der Waals surface area contributed by atoms with Crippen LogP contribution in [0.15, 0.2) is 48.5 Å². The van der Waals surface area contributed by atoms with Gasteiger partial charge in [0.2, 0.25) is 0 Å². The molecule has 27 heavy (non-hydrogen) atoms. The fourth-order valence-corrected chi connectivity index (χ4v) is 4.99. The first kappa shape index (κ1) is 18.2. The van der Waals surface area contributed by atoms with Crippen molar-refractivity contribution in [2.45, 2.75) is 62.8 Å². The fourth-order valence-electron chi connectivity index (χ4n) is 4.99. The van der Waals surface area contributed by atoms with Crippen molar-refractivity contribution in [3.8, 4) is 6.07 Å². The molecule has 2 saturated heterocycles. The topological polar surface area (TPSA) is 47.3 Å². The van der Waals surface area contributed by atoms with Gasteiger partial charge in [-0.1, -0.05) is 36.8 Å². The third-order valence-corrected chi connectivity index (χ3v) is 6.16. The number of nitriles is 1. The maximum Gasteiger partial charge on any atom is 0.123 e. The quantitative estimate of drug-likeness (QED) is 0.885. The Hall–Kier alpha value is -2.22. The molecular formula is C23H25FN2O. The monoisotopic (exact) mass is 364 g/mol. The van der Waals surface area contributed by atoms with Crippen molar-refractivity contribution in [3.63, 3.8) is 0 Å². The molecule has 3 nitrogen and oxygen atoms in total. The number of benzene rings is 2. The predicted octanol–water partition coefficient (Wildman–Crippen LogP) is 4.19. The first-order chi connectivity index (χ1) is 13.1. The van der Waals surface area contributed by atoms with Crippen molar-refractivity contribution in [1.82, 2.24) is 4.90 Å². The van der Waals surface area contributed by atoms with Crippen LogP contribution in [-0.2, 0) is 13.0 Å². The fraction of sp³-hybridized carbons (Fsp3) is 0.435. The Morgan fingerprint density at radius 1 is 1.11 bits per heavy atom. The maximum absolute atomic E-state index is 13.7. The standard InChI is InChI=1S/C23H25FN2O/c24-20-10-9-18(15-25)19(11-20)12-23(27)13-21-7-4-8-22(14-23)26(21)16-17-5-2-1-3-6-17/h1-3,5-6,9-11,21-22,27H,4,7-8,12-14,16H2. The molecule has 4 rings (SSSR count). The summed E-state index contributed by atoms with van der Waals surface area (Å²) < 4.78 is 13.7. The molecule has 2 atom stereocenters. The average Bonchev–Trinajstić information content (AvgIpc) is 2.64. The highest BCUT2D eigenvalue weighted by Gasteiger charge is 2.45. The molecule has 140 valence electrons. The second-order valence-corrected chi connectivity index (χ2v) is 8.12. The van der Waals surface area contributed by atoms with Gasteiger partial charge in [-0.25, -0.2) is 4.39 Å². The van der Waals surface area contributed by atoms with Crippen LogP contribution in [0.25, 0.3) is 0 Å². The number of hydrogen-bond donors (Lipinski definition) is 1. The lowest BCUT2D eigenvalue weighted by molar-refractivity contribution is -0.0947.